The second kappa shape index (κ2) is 5.15. The average Bonchev–Trinajstić information content (AvgIpc) is 2.63. The van der Waals surface area contributed by atoms with E-state index in [9.17, 15) is 0 Å². The number of nitrogens with zero attached hydrogens (tertiary/aromatic N) is 1. The summed E-state index contributed by atoms with van der Waals surface area (Å²) in [6.07, 6.45) is 3.89. The highest BCUT2D eigenvalue weighted by Crippen LogP contribution is 2.11. The van der Waals surface area contributed by atoms with Crippen molar-refractivity contribution in [2.24, 2.45) is 5.73 Å². The molecule has 0 bridgehead atoms. The van der Waals surface area contributed by atoms with Gasteiger partial charge in [0.05, 0.1) is 0 Å². The van der Waals surface area contributed by atoms with Crippen LogP contribution in [0.15, 0.2) is 0 Å². The Morgan fingerprint density at radius 1 is 1.38 bits per heavy atom. The molecule has 0 amide bonds. The molecule has 2 aliphatic rings. The molecule has 2 fully saturated rings. The summed E-state index contributed by atoms with van der Waals surface area (Å²) in [5.74, 6) is 0. The fraction of sp³-hybridized carbons (Fsp3) is 1.00. The molecule has 0 unspecified atom stereocenters. The van der Waals surface area contributed by atoms with Crippen LogP contribution in [0, 0.1) is 0 Å². The number of likely N-dealkylation sites (tertiary alicyclic amines) is 1. The summed E-state index contributed by atoms with van der Waals surface area (Å²) >= 11 is 0. The molecule has 2 rings (SSSR count). The maximum absolute atomic E-state index is 5.84. The first-order valence-electron chi connectivity index (χ1n) is 5.06. The monoisotopic (exact) mass is 205 g/mol. The molecule has 0 spiro atoms. The van der Waals surface area contributed by atoms with Crippen LogP contribution in [0.3, 0.4) is 0 Å². The molecule has 0 aromatic carbocycles. The van der Waals surface area contributed by atoms with Crippen LogP contribution in [0.2, 0.25) is 0 Å². The minimum atomic E-state index is 0. The van der Waals surface area contributed by atoms with Gasteiger partial charge in [-0.15, -0.1) is 12.4 Å². The number of nitrogens with one attached hydrogen (secondary N) is 1. The van der Waals surface area contributed by atoms with E-state index in [-0.39, 0.29) is 12.4 Å². The van der Waals surface area contributed by atoms with Crippen LogP contribution in [0.1, 0.15) is 19.3 Å². The first-order chi connectivity index (χ1) is 5.84. The van der Waals surface area contributed by atoms with Gasteiger partial charge >= 0.3 is 0 Å². The molecule has 13 heavy (non-hydrogen) atoms. The minimum Gasteiger partial charge on any atom is -0.326 e. The van der Waals surface area contributed by atoms with Crippen molar-refractivity contribution in [3.63, 3.8) is 0 Å². The van der Waals surface area contributed by atoms with Crippen molar-refractivity contribution in [2.45, 2.75) is 31.3 Å². The van der Waals surface area contributed by atoms with Crippen LogP contribution in [0.4, 0.5) is 0 Å². The smallest absolute Gasteiger partial charge is 0.0195 e. The number of halogens is 1. The first kappa shape index (κ1) is 11.2. The Balaban J connectivity index is 0.000000845. The topological polar surface area (TPSA) is 41.3 Å². The van der Waals surface area contributed by atoms with Crippen molar-refractivity contribution in [1.29, 1.82) is 0 Å². The molecule has 0 aliphatic carbocycles. The third-order valence-electron chi connectivity index (χ3n) is 2.95. The molecule has 2 aliphatic heterocycles. The van der Waals surface area contributed by atoms with Crippen LogP contribution >= 0.6 is 12.4 Å². The highest BCUT2D eigenvalue weighted by Gasteiger charge is 2.23. The largest absolute Gasteiger partial charge is 0.326 e. The second-order valence-corrected chi connectivity index (χ2v) is 4.10. The van der Waals surface area contributed by atoms with Crippen LogP contribution in [0.25, 0.3) is 0 Å². The van der Waals surface area contributed by atoms with Gasteiger partial charge in [0, 0.05) is 25.2 Å². The lowest BCUT2D eigenvalue weighted by Gasteiger charge is -2.19. The van der Waals surface area contributed by atoms with E-state index in [0.717, 1.165) is 12.6 Å². The summed E-state index contributed by atoms with van der Waals surface area (Å²) in [6, 6.07) is 1.18. The van der Waals surface area contributed by atoms with Crippen LogP contribution in [0.5, 0.6) is 0 Å². The van der Waals surface area contributed by atoms with E-state index in [1.165, 1.54) is 38.9 Å². The molecule has 3 N–H and O–H groups in total. The van der Waals surface area contributed by atoms with Crippen molar-refractivity contribution in [3.05, 3.63) is 0 Å². The van der Waals surface area contributed by atoms with Crippen molar-refractivity contribution >= 4 is 12.4 Å². The van der Waals surface area contributed by atoms with Gasteiger partial charge in [-0.05, 0) is 32.4 Å². The minimum absolute atomic E-state index is 0. The van der Waals surface area contributed by atoms with Gasteiger partial charge in [-0.3, -0.25) is 0 Å². The highest BCUT2D eigenvalue weighted by molar-refractivity contribution is 5.85. The fourth-order valence-electron chi connectivity index (χ4n) is 2.25. The number of nitrogens with two attached hydrogens (primary N) is 1. The van der Waals surface area contributed by atoms with E-state index in [1.807, 2.05) is 0 Å². The molecule has 0 saturated carbocycles. The lowest BCUT2D eigenvalue weighted by Crippen LogP contribution is -2.37. The number of hydrogen-bond acceptors (Lipinski definition) is 3. The van der Waals surface area contributed by atoms with Gasteiger partial charge in [0.2, 0.25) is 0 Å². The van der Waals surface area contributed by atoms with E-state index in [0.29, 0.717) is 6.04 Å². The van der Waals surface area contributed by atoms with Crippen LogP contribution < -0.4 is 11.1 Å². The molecule has 2 heterocycles. The average molecular weight is 206 g/mol. The standard InChI is InChI=1S/C9H19N3.ClH/c10-8-3-5-12(6-8)7-9-2-1-4-11-9;/h8-9,11H,1-7,10H2;1H/t8-,9+;/m1./s1. The Morgan fingerprint density at radius 2 is 2.23 bits per heavy atom. The van der Waals surface area contributed by atoms with E-state index >= 15 is 0 Å². The second-order valence-electron chi connectivity index (χ2n) is 4.10. The molecule has 3 nitrogen and oxygen atoms in total. The third kappa shape index (κ3) is 3.09. The molecule has 78 valence electrons. The van der Waals surface area contributed by atoms with Gasteiger partial charge in [-0.1, -0.05) is 0 Å². The Bertz CT molecular complexity index is 148. The maximum atomic E-state index is 5.84. The molecule has 0 aromatic rings. The van der Waals surface area contributed by atoms with Crippen molar-refractivity contribution < 1.29 is 0 Å². The maximum Gasteiger partial charge on any atom is 0.0195 e. The molecule has 0 aromatic heterocycles. The normalized spacial score (nSPS) is 34.8. The van der Waals surface area contributed by atoms with E-state index in [4.69, 9.17) is 5.73 Å². The van der Waals surface area contributed by atoms with Gasteiger partial charge in [-0.25, -0.2) is 0 Å². The molecular formula is C9H20ClN3. The summed E-state index contributed by atoms with van der Waals surface area (Å²) in [7, 11) is 0. The Labute approximate surface area is 86.4 Å². The zero-order chi connectivity index (χ0) is 8.39. The molecule has 0 radical (unpaired) electrons. The lowest BCUT2D eigenvalue weighted by molar-refractivity contribution is 0.299. The zero-order valence-corrected chi connectivity index (χ0v) is 8.85. The number of rotatable bonds is 2. The SMILES string of the molecule is Cl.N[C@@H]1CCN(C[C@@H]2CCCN2)C1. The van der Waals surface area contributed by atoms with Gasteiger partial charge in [0.15, 0.2) is 0 Å². The van der Waals surface area contributed by atoms with Crippen molar-refractivity contribution in [3.8, 4) is 0 Å². The first-order valence-corrected chi connectivity index (χ1v) is 5.06. The Hall–Kier alpha value is 0.170. The summed E-state index contributed by atoms with van der Waals surface area (Å²) in [4.78, 5) is 2.49. The third-order valence-corrected chi connectivity index (χ3v) is 2.95. The van der Waals surface area contributed by atoms with Gasteiger partial charge < -0.3 is 16.0 Å². The van der Waals surface area contributed by atoms with Gasteiger partial charge in [0.25, 0.3) is 0 Å². The van der Waals surface area contributed by atoms with Gasteiger partial charge in [0.1, 0.15) is 0 Å². The predicted octanol–water partition coefficient (Wildman–Crippen LogP) is 0.193. The predicted molar refractivity (Wildman–Crippen MR) is 57.3 cm³/mol. The highest BCUT2D eigenvalue weighted by atomic mass is 35.5. The van der Waals surface area contributed by atoms with Gasteiger partial charge in [-0.2, -0.15) is 0 Å². The molecule has 4 heteroatoms. The quantitative estimate of drug-likeness (QED) is 0.677. The van der Waals surface area contributed by atoms with E-state index in [1.54, 1.807) is 0 Å². The zero-order valence-electron chi connectivity index (χ0n) is 8.04. The van der Waals surface area contributed by atoms with E-state index < -0.39 is 0 Å². The van der Waals surface area contributed by atoms with E-state index in [2.05, 4.69) is 10.2 Å². The molecule has 2 atom stereocenters. The Morgan fingerprint density at radius 3 is 2.77 bits per heavy atom. The lowest BCUT2D eigenvalue weighted by atomic mass is 10.2. The van der Waals surface area contributed by atoms with Crippen LogP contribution in [-0.2, 0) is 0 Å². The fourth-order valence-corrected chi connectivity index (χ4v) is 2.25. The summed E-state index contributed by atoms with van der Waals surface area (Å²) in [5.41, 5.74) is 5.84. The molecule has 2 saturated heterocycles. The number of hydrogen-bond donors (Lipinski definition) is 2. The van der Waals surface area contributed by atoms with Crippen LogP contribution in [-0.4, -0.2) is 43.2 Å². The summed E-state index contributed by atoms with van der Waals surface area (Å²) < 4.78 is 0. The summed E-state index contributed by atoms with van der Waals surface area (Å²) in [5, 5.41) is 3.52. The van der Waals surface area contributed by atoms with Crippen molar-refractivity contribution in [2.75, 3.05) is 26.2 Å². The molecular weight excluding hydrogens is 186 g/mol. The summed E-state index contributed by atoms with van der Waals surface area (Å²) in [6.45, 7) is 4.75. The van der Waals surface area contributed by atoms with Crippen molar-refractivity contribution in [1.82, 2.24) is 10.2 Å². The Kier molecular flexibility index (Phi) is 4.46.